The molecular formula is C20H17ClF3N3O3. The minimum Gasteiger partial charge on any atom is -0.406 e. The fraction of sp³-hybridized carbons (Fsp3) is 0.250. The van der Waals surface area contributed by atoms with Crippen molar-refractivity contribution in [2.45, 2.75) is 26.4 Å². The Morgan fingerprint density at radius 3 is 2.63 bits per heavy atom. The van der Waals surface area contributed by atoms with Crippen molar-refractivity contribution in [3.8, 4) is 5.75 Å². The van der Waals surface area contributed by atoms with Crippen molar-refractivity contribution in [2.24, 2.45) is 5.10 Å². The number of carbonyl (C=O) groups is 2. The third-order valence-corrected chi connectivity index (χ3v) is 4.54. The highest BCUT2D eigenvalue weighted by Gasteiger charge is 2.32. The summed E-state index contributed by atoms with van der Waals surface area (Å²) in [6.45, 7) is 2.23. The van der Waals surface area contributed by atoms with Crippen LogP contribution in [0.3, 0.4) is 0 Å². The normalized spacial score (nSPS) is 13.6. The van der Waals surface area contributed by atoms with Gasteiger partial charge >= 0.3 is 6.36 Å². The van der Waals surface area contributed by atoms with Crippen LogP contribution in [0.1, 0.15) is 37.4 Å². The summed E-state index contributed by atoms with van der Waals surface area (Å²) in [5, 5.41) is 3.69. The number of hydrogen-bond acceptors (Lipinski definition) is 4. The van der Waals surface area contributed by atoms with Crippen LogP contribution in [0.15, 0.2) is 41.5 Å². The Labute approximate surface area is 175 Å². The maximum atomic E-state index is 12.8. The number of amides is 2. The van der Waals surface area contributed by atoms with Crippen molar-refractivity contribution in [3.05, 3.63) is 64.2 Å². The van der Waals surface area contributed by atoms with Gasteiger partial charge in [0, 0.05) is 30.4 Å². The lowest BCUT2D eigenvalue weighted by molar-refractivity contribution is -0.274. The fourth-order valence-electron chi connectivity index (χ4n) is 3.21. The minimum absolute atomic E-state index is 0.163. The molecule has 2 aromatic rings. The fourth-order valence-corrected chi connectivity index (χ4v) is 3.27. The molecule has 0 aliphatic carbocycles. The molecule has 0 aromatic heterocycles. The lowest BCUT2D eigenvalue weighted by Gasteiger charge is -2.16. The first-order chi connectivity index (χ1) is 14.2. The number of rotatable bonds is 6. The second-order valence-electron chi connectivity index (χ2n) is 6.59. The van der Waals surface area contributed by atoms with Crippen molar-refractivity contribution < 1.29 is 27.5 Å². The van der Waals surface area contributed by atoms with E-state index in [0.717, 1.165) is 0 Å². The molecule has 1 aliphatic heterocycles. The molecule has 0 saturated heterocycles. The van der Waals surface area contributed by atoms with Crippen LogP contribution in [0.25, 0.3) is 0 Å². The summed E-state index contributed by atoms with van der Waals surface area (Å²) in [6, 6.07) is 8.58. The van der Waals surface area contributed by atoms with E-state index in [1.165, 1.54) is 30.5 Å². The molecule has 1 N–H and O–H groups in total. The van der Waals surface area contributed by atoms with E-state index in [2.05, 4.69) is 15.3 Å². The van der Waals surface area contributed by atoms with Crippen LogP contribution in [0, 0.1) is 6.92 Å². The molecule has 0 saturated carbocycles. The molecule has 30 heavy (non-hydrogen) atoms. The number of hydrogen-bond donors (Lipinski definition) is 1. The Kier molecular flexibility index (Phi) is 6.31. The average molecular weight is 440 g/mol. The summed E-state index contributed by atoms with van der Waals surface area (Å²) in [6.07, 6.45) is -3.42. The van der Waals surface area contributed by atoms with E-state index in [0.29, 0.717) is 27.8 Å². The average Bonchev–Trinajstić information content (AvgIpc) is 2.98. The molecule has 1 heterocycles. The molecule has 0 bridgehead atoms. The molecule has 3 rings (SSSR count). The first-order valence-electron chi connectivity index (χ1n) is 8.83. The number of alkyl halides is 4. The lowest BCUT2D eigenvalue weighted by Crippen LogP contribution is -2.23. The van der Waals surface area contributed by atoms with E-state index in [1.54, 1.807) is 24.0 Å². The molecule has 0 spiro atoms. The van der Waals surface area contributed by atoms with Gasteiger partial charge in [-0.25, -0.2) is 5.43 Å². The largest absolute Gasteiger partial charge is 0.573 e. The van der Waals surface area contributed by atoms with Gasteiger partial charge < -0.3 is 9.64 Å². The maximum Gasteiger partial charge on any atom is 0.573 e. The van der Waals surface area contributed by atoms with E-state index < -0.39 is 12.3 Å². The summed E-state index contributed by atoms with van der Waals surface area (Å²) in [7, 11) is 0. The third-order valence-electron chi connectivity index (χ3n) is 4.40. The van der Waals surface area contributed by atoms with Crippen LogP contribution in [-0.4, -0.2) is 35.2 Å². The van der Waals surface area contributed by atoms with Gasteiger partial charge in [0.25, 0.3) is 11.8 Å². The van der Waals surface area contributed by atoms with Crippen LogP contribution in [-0.2, 0) is 13.1 Å². The predicted molar refractivity (Wildman–Crippen MR) is 105 cm³/mol. The number of fused-ring (bicyclic) bond motifs is 1. The van der Waals surface area contributed by atoms with Crippen LogP contribution in [0.4, 0.5) is 13.2 Å². The Bertz CT molecular complexity index is 991. The quantitative estimate of drug-likeness (QED) is 0.420. The van der Waals surface area contributed by atoms with Crippen molar-refractivity contribution in [3.63, 3.8) is 0 Å². The third kappa shape index (κ3) is 5.10. The molecule has 2 amide bonds. The number of nitrogens with one attached hydrogen (secondary N) is 1. The van der Waals surface area contributed by atoms with Gasteiger partial charge in [-0.05, 0) is 47.9 Å². The molecule has 6 nitrogen and oxygen atoms in total. The Balaban J connectivity index is 1.73. The number of hydrazone groups is 1. The van der Waals surface area contributed by atoms with Crippen LogP contribution < -0.4 is 10.2 Å². The molecule has 10 heteroatoms. The van der Waals surface area contributed by atoms with E-state index >= 15 is 0 Å². The van der Waals surface area contributed by atoms with Crippen molar-refractivity contribution in [1.82, 2.24) is 10.3 Å². The summed E-state index contributed by atoms with van der Waals surface area (Å²) < 4.78 is 40.7. The summed E-state index contributed by atoms with van der Waals surface area (Å²) in [5.74, 6) is -0.791. The predicted octanol–water partition coefficient (Wildman–Crippen LogP) is 4.00. The van der Waals surface area contributed by atoms with Gasteiger partial charge in [0.2, 0.25) is 0 Å². The Morgan fingerprint density at radius 1 is 1.30 bits per heavy atom. The SMILES string of the molecule is Cc1cc(C(=O)N/N=C/CCl)cc2c1C(=O)N(Cc1ccc(OC(F)(F)F)cc1)C2. The lowest BCUT2D eigenvalue weighted by atomic mass is 10.00. The van der Waals surface area contributed by atoms with Crippen molar-refractivity contribution in [2.75, 3.05) is 5.88 Å². The molecule has 0 unspecified atom stereocenters. The number of benzene rings is 2. The first-order valence-corrected chi connectivity index (χ1v) is 9.36. The van der Waals surface area contributed by atoms with E-state index in [4.69, 9.17) is 11.6 Å². The number of halogens is 4. The highest BCUT2D eigenvalue weighted by molar-refractivity contribution is 6.24. The second kappa shape index (κ2) is 8.74. The molecule has 0 radical (unpaired) electrons. The monoisotopic (exact) mass is 439 g/mol. The zero-order valence-electron chi connectivity index (χ0n) is 15.8. The van der Waals surface area contributed by atoms with E-state index in [9.17, 15) is 22.8 Å². The van der Waals surface area contributed by atoms with Gasteiger partial charge in [-0.15, -0.1) is 24.8 Å². The van der Waals surface area contributed by atoms with Gasteiger partial charge in [0.05, 0.1) is 5.88 Å². The standard InChI is InChI=1S/C20H17ClF3N3O3/c1-12-8-14(18(28)26-25-7-6-21)9-15-11-27(19(29)17(12)15)10-13-2-4-16(5-3-13)30-20(22,23)24/h2-5,7-9H,6,10-11H2,1H3,(H,26,28)/b25-7+. The van der Waals surface area contributed by atoms with Gasteiger partial charge in [-0.3, -0.25) is 9.59 Å². The molecule has 2 aromatic carbocycles. The maximum absolute atomic E-state index is 12.8. The highest BCUT2D eigenvalue weighted by Crippen LogP contribution is 2.29. The van der Waals surface area contributed by atoms with Crippen molar-refractivity contribution in [1.29, 1.82) is 0 Å². The smallest absolute Gasteiger partial charge is 0.406 e. The van der Waals surface area contributed by atoms with Crippen LogP contribution >= 0.6 is 11.6 Å². The zero-order chi connectivity index (χ0) is 21.9. The van der Waals surface area contributed by atoms with Gasteiger partial charge in [0.15, 0.2) is 0 Å². The van der Waals surface area contributed by atoms with Crippen molar-refractivity contribution >= 4 is 29.6 Å². The molecule has 0 fully saturated rings. The van der Waals surface area contributed by atoms with E-state index in [-0.39, 0.29) is 30.6 Å². The molecule has 1 aliphatic rings. The minimum atomic E-state index is -4.76. The Hall–Kier alpha value is -3.07. The summed E-state index contributed by atoms with van der Waals surface area (Å²) in [4.78, 5) is 26.5. The number of aryl methyl sites for hydroxylation is 1. The Morgan fingerprint density at radius 2 is 2.00 bits per heavy atom. The van der Waals surface area contributed by atoms with Crippen LogP contribution in [0.2, 0.25) is 0 Å². The van der Waals surface area contributed by atoms with Gasteiger partial charge in [-0.2, -0.15) is 5.10 Å². The molecular weight excluding hydrogens is 423 g/mol. The first kappa shape index (κ1) is 21.6. The van der Waals surface area contributed by atoms with Gasteiger partial charge in [0.1, 0.15) is 5.75 Å². The number of nitrogens with zero attached hydrogens (tertiary/aromatic N) is 2. The topological polar surface area (TPSA) is 71.0 Å². The highest BCUT2D eigenvalue weighted by atomic mass is 35.5. The summed E-state index contributed by atoms with van der Waals surface area (Å²) >= 11 is 5.47. The zero-order valence-corrected chi connectivity index (χ0v) is 16.5. The molecule has 158 valence electrons. The number of carbonyl (C=O) groups excluding carboxylic acids is 2. The van der Waals surface area contributed by atoms with Crippen LogP contribution in [0.5, 0.6) is 5.75 Å². The van der Waals surface area contributed by atoms with Gasteiger partial charge in [-0.1, -0.05) is 12.1 Å². The summed E-state index contributed by atoms with van der Waals surface area (Å²) in [5.41, 5.74) is 5.24. The second-order valence-corrected chi connectivity index (χ2v) is 6.90. The number of ether oxygens (including phenoxy) is 1. The molecule has 0 atom stereocenters. The van der Waals surface area contributed by atoms with E-state index in [1.807, 2.05) is 0 Å².